The third kappa shape index (κ3) is 4.53. The predicted molar refractivity (Wildman–Crippen MR) is 58.5 cm³/mol. The van der Waals surface area contributed by atoms with Crippen LogP contribution in [0.2, 0.25) is 0 Å². The van der Waals surface area contributed by atoms with Crippen molar-refractivity contribution in [1.29, 1.82) is 0 Å². The van der Waals surface area contributed by atoms with Crippen molar-refractivity contribution < 1.29 is 18.0 Å². The second-order valence-corrected chi connectivity index (χ2v) is 4.46. The van der Waals surface area contributed by atoms with Crippen molar-refractivity contribution in [1.82, 2.24) is 10.6 Å². The second kappa shape index (κ2) is 6.23. The average Bonchev–Trinajstić information content (AvgIpc) is 2.25. The van der Waals surface area contributed by atoms with E-state index in [9.17, 15) is 18.0 Å². The van der Waals surface area contributed by atoms with E-state index in [-0.39, 0.29) is 18.7 Å². The van der Waals surface area contributed by atoms with Crippen molar-refractivity contribution >= 4 is 5.91 Å². The molecule has 0 saturated heterocycles. The molecule has 1 saturated carbocycles. The Bertz CT molecular complexity index is 256. The molecule has 1 amide bonds. The molecule has 2 unspecified atom stereocenters. The smallest absolute Gasteiger partial charge is 0.353 e. The van der Waals surface area contributed by atoms with Gasteiger partial charge in [0.05, 0.1) is 5.92 Å². The Morgan fingerprint density at radius 3 is 2.53 bits per heavy atom. The van der Waals surface area contributed by atoms with Crippen molar-refractivity contribution in [3.05, 3.63) is 0 Å². The fourth-order valence-corrected chi connectivity index (χ4v) is 2.21. The van der Waals surface area contributed by atoms with E-state index in [1.807, 2.05) is 0 Å². The number of halogens is 3. The Kier molecular flexibility index (Phi) is 5.24. The van der Waals surface area contributed by atoms with Gasteiger partial charge in [0, 0.05) is 19.0 Å². The molecule has 1 aliphatic rings. The van der Waals surface area contributed by atoms with Gasteiger partial charge in [-0.15, -0.1) is 0 Å². The fourth-order valence-electron chi connectivity index (χ4n) is 2.21. The van der Waals surface area contributed by atoms with Crippen LogP contribution in [0.1, 0.15) is 32.1 Å². The molecule has 0 bridgehead atoms. The van der Waals surface area contributed by atoms with Crippen LogP contribution in [0.5, 0.6) is 0 Å². The highest BCUT2D eigenvalue weighted by molar-refractivity contribution is 5.76. The number of nitrogens with one attached hydrogen (secondary N) is 2. The minimum absolute atomic E-state index is 0.125. The van der Waals surface area contributed by atoms with Crippen LogP contribution in [0.25, 0.3) is 0 Å². The van der Waals surface area contributed by atoms with E-state index in [1.54, 1.807) is 7.05 Å². The first-order valence-electron chi connectivity index (χ1n) is 5.96. The van der Waals surface area contributed by atoms with Crippen molar-refractivity contribution in [3.8, 4) is 0 Å². The number of alkyl halides is 3. The van der Waals surface area contributed by atoms with E-state index in [4.69, 9.17) is 0 Å². The van der Waals surface area contributed by atoms with E-state index in [1.165, 1.54) is 0 Å². The highest BCUT2D eigenvalue weighted by atomic mass is 19.4. The summed E-state index contributed by atoms with van der Waals surface area (Å²) in [6, 6.07) is -0.742. The maximum Gasteiger partial charge on any atom is 0.393 e. The van der Waals surface area contributed by atoms with Crippen LogP contribution in [0.4, 0.5) is 13.2 Å². The van der Waals surface area contributed by atoms with Gasteiger partial charge >= 0.3 is 6.18 Å². The predicted octanol–water partition coefficient (Wildman–Crippen LogP) is 1.83. The van der Waals surface area contributed by atoms with Gasteiger partial charge < -0.3 is 10.6 Å². The molecule has 100 valence electrons. The van der Waals surface area contributed by atoms with Gasteiger partial charge in [-0.2, -0.15) is 13.2 Å². The Balaban J connectivity index is 2.51. The Morgan fingerprint density at radius 1 is 1.29 bits per heavy atom. The molecule has 2 N–H and O–H groups in total. The molecule has 1 fully saturated rings. The van der Waals surface area contributed by atoms with E-state index < -0.39 is 18.1 Å². The summed E-state index contributed by atoms with van der Waals surface area (Å²) in [6.45, 7) is 0.481. The molecule has 1 rings (SSSR count). The summed E-state index contributed by atoms with van der Waals surface area (Å²) >= 11 is 0. The molecule has 0 radical (unpaired) electrons. The van der Waals surface area contributed by atoms with E-state index in [2.05, 4.69) is 10.6 Å². The Hall–Kier alpha value is -0.780. The number of amides is 1. The van der Waals surface area contributed by atoms with Crippen molar-refractivity contribution in [2.75, 3.05) is 13.6 Å². The third-order valence-corrected chi connectivity index (χ3v) is 3.13. The minimum Gasteiger partial charge on any atom is -0.353 e. The van der Waals surface area contributed by atoms with Gasteiger partial charge in [0.1, 0.15) is 0 Å². The zero-order valence-corrected chi connectivity index (χ0v) is 9.94. The lowest BCUT2D eigenvalue weighted by Gasteiger charge is -2.33. The van der Waals surface area contributed by atoms with E-state index in [0.29, 0.717) is 19.4 Å². The molecule has 6 heteroatoms. The summed E-state index contributed by atoms with van der Waals surface area (Å²) in [6.07, 6.45) is -2.09. The number of hydrogen-bond acceptors (Lipinski definition) is 2. The largest absolute Gasteiger partial charge is 0.393 e. The topological polar surface area (TPSA) is 41.1 Å². The van der Waals surface area contributed by atoms with E-state index >= 15 is 0 Å². The maximum absolute atomic E-state index is 12.7. The number of hydrogen-bond donors (Lipinski definition) is 2. The Morgan fingerprint density at radius 2 is 1.94 bits per heavy atom. The van der Waals surface area contributed by atoms with Gasteiger partial charge in [0.15, 0.2) is 0 Å². The molecule has 1 aliphatic carbocycles. The van der Waals surface area contributed by atoms with Crippen LogP contribution in [0.3, 0.4) is 0 Å². The monoisotopic (exact) mass is 252 g/mol. The van der Waals surface area contributed by atoms with Crippen LogP contribution in [-0.4, -0.2) is 31.7 Å². The first-order valence-corrected chi connectivity index (χ1v) is 5.96. The maximum atomic E-state index is 12.7. The van der Waals surface area contributed by atoms with Crippen molar-refractivity contribution in [2.45, 2.75) is 44.3 Å². The van der Waals surface area contributed by atoms with Gasteiger partial charge in [-0.05, 0) is 19.9 Å². The number of carbonyl (C=O) groups is 1. The van der Waals surface area contributed by atoms with Crippen LogP contribution in [0.15, 0.2) is 0 Å². The molecule has 2 atom stereocenters. The van der Waals surface area contributed by atoms with Crippen LogP contribution < -0.4 is 10.6 Å². The molecule has 3 nitrogen and oxygen atoms in total. The highest BCUT2D eigenvalue weighted by Crippen LogP contribution is 2.37. The highest BCUT2D eigenvalue weighted by Gasteiger charge is 2.45. The molecular formula is C11H19F3N2O. The van der Waals surface area contributed by atoms with E-state index in [0.717, 1.165) is 6.42 Å². The molecule has 0 aromatic carbocycles. The summed E-state index contributed by atoms with van der Waals surface area (Å²) in [7, 11) is 1.70. The molecule has 0 heterocycles. The van der Waals surface area contributed by atoms with Gasteiger partial charge in [0.2, 0.25) is 5.91 Å². The summed E-state index contributed by atoms with van der Waals surface area (Å²) in [5.41, 5.74) is 0. The van der Waals surface area contributed by atoms with Crippen LogP contribution >= 0.6 is 0 Å². The summed E-state index contributed by atoms with van der Waals surface area (Å²) in [4.78, 5) is 11.4. The molecular weight excluding hydrogens is 233 g/mol. The Labute approximate surface area is 99.1 Å². The minimum atomic E-state index is -4.21. The van der Waals surface area contributed by atoms with Gasteiger partial charge in [-0.3, -0.25) is 4.79 Å². The zero-order valence-electron chi connectivity index (χ0n) is 9.94. The van der Waals surface area contributed by atoms with Crippen LogP contribution in [0, 0.1) is 5.92 Å². The van der Waals surface area contributed by atoms with Crippen LogP contribution in [-0.2, 0) is 4.79 Å². The average molecular weight is 252 g/mol. The summed E-state index contributed by atoms with van der Waals surface area (Å²) in [5, 5.41) is 5.31. The lowest BCUT2D eigenvalue weighted by atomic mass is 9.84. The second-order valence-electron chi connectivity index (χ2n) is 4.46. The molecule has 0 spiro atoms. The first-order chi connectivity index (χ1) is 7.95. The first kappa shape index (κ1) is 14.3. The third-order valence-electron chi connectivity index (χ3n) is 3.13. The van der Waals surface area contributed by atoms with Crippen molar-refractivity contribution in [3.63, 3.8) is 0 Å². The number of rotatable bonds is 4. The zero-order chi connectivity index (χ0) is 12.9. The summed E-state index contributed by atoms with van der Waals surface area (Å²) < 4.78 is 38.2. The molecule has 0 aliphatic heterocycles. The van der Waals surface area contributed by atoms with Gasteiger partial charge in [0.25, 0.3) is 0 Å². The molecule has 0 aromatic heterocycles. The SMILES string of the molecule is CNCCC(=O)NC1CCCCC1C(F)(F)F. The quantitative estimate of drug-likeness (QED) is 0.801. The summed E-state index contributed by atoms with van der Waals surface area (Å²) in [5.74, 6) is -1.68. The van der Waals surface area contributed by atoms with Crippen molar-refractivity contribution in [2.24, 2.45) is 5.92 Å². The fraction of sp³-hybridized carbons (Fsp3) is 0.909. The molecule has 0 aromatic rings. The normalized spacial score (nSPS) is 25.6. The number of carbonyl (C=O) groups excluding carboxylic acids is 1. The molecule has 17 heavy (non-hydrogen) atoms. The standard InChI is InChI=1S/C11H19F3N2O/c1-15-7-6-10(17)16-9-5-3-2-4-8(9)11(12,13)14/h8-9,15H,2-7H2,1H3,(H,16,17). The van der Waals surface area contributed by atoms with Gasteiger partial charge in [-0.25, -0.2) is 0 Å². The van der Waals surface area contributed by atoms with Gasteiger partial charge in [-0.1, -0.05) is 12.8 Å². The lowest BCUT2D eigenvalue weighted by molar-refractivity contribution is -0.189. The lowest BCUT2D eigenvalue weighted by Crippen LogP contribution is -2.48.